The molecule has 1 heterocycles. The first-order valence-electron chi connectivity index (χ1n) is 6.30. The van der Waals surface area contributed by atoms with Crippen molar-refractivity contribution in [3.8, 4) is 0 Å². The van der Waals surface area contributed by atoms with Crippen LogP contribution in [0.2, 0.25) is 0 Å². The molecule has 2 aromatic rings. The van der Waals surface area contributed by atoms with Crippen molar-refractivity contribution in [1.82, 2.24) is 4.98 Å². The highest BCUT2D eigenvalue weighted by atomic mass is 16.1. The number of amides is 1. The summed E-state index contributed by atoms with van der Waals surface area (Å²) in [6.45, 7) is 2.59. The van der Waals surface area contributed by atoms with Gasteiger partial charge < -0.3 is 10.6 Å². The molecule has 0 bridgehead atoms. The van der Waals surface area contributed by atoms with E-state index in [1.54, 1.807) is 12.4 Å². The quantitative estimate of drug-likeness (QED) is 0.863. The smallest absolute Gasteiger partial charge is 0.224 e. The summed E-state index contributed by atoms with van der Waals surface area (Å²) in [5, 5.41) is 6.13. The Balaban J connectivity index is 1.90. The largest absolute Gasteiger partial charge is 0.381 e. The molecule has 4 nitrogen and oxygen atoms in total. The third-order valence-corrected chi connectivity index (χ3v) is 2.74. The lowest BCUT2D eigenvalue weighted by Gasteiger charge is -2.08. The zero-order valence-electron chi connectivity index (χ0n) is 10.9. The van der Waals surface area contributed by atoms with Gasteiger partial charge in [0.15, 0.2) is 0 Å². The van der Waals surface area contributed by atoms with Crippen LogP contribution in [0.4, 0.5) is 11.4 Å². The Labute approximate surface area is 112 Å². The lowest BCUT2D eigenvalue weighted by atomic mass is 10.2. The fourth-order valence-corrected chi connectivity index (χ4v) is 1.63. The van der Waals surface area contributed by atoms with Crippen LogP contribution < -0.4 is 10.6 Å². The van der Waals surface area contributed by atoms with Crippen molar-refractivity contribution in [1.29, 1.82) is 0 Å². The molecule has 4 heteroatoms. The van der Waals surface area contributed by atoms with Gasteiger partial charge in [0.2, 0.25) is 5.91 Å². The topological polar surface area (TPSA) is 54.0 Å². The molecule has 0 radical (unpaired) electrons. The van der Waals surface area contributed by atoms with Gasteiger partial charge in [0.1, 0.15) is 0 Å². The Morgan fingerprint density at radius 3 is 2.32 bits per heavy atom. The monoisotopic (exact) mass is 255 g/mol. The zero-order chi connectivity index (χ0) is 13.5. The number of anilines is 2. The number of hydrogen-bond donors (Lipinski definition) is 2. The molecule has 0 unspecified atom stereocenters. The van der Waals surface area contributed by atoms with Crippen molar-refractivity contribution < 1.29 is 4.79 Å². The number of pyridine rings is 1. The summed E-state index contributed by atoms with van der Waals surface area (Å²) in [6, 6.07) is 11.6. The highest BCUT2D eigenvalue weighted by molar-refractivity contribution is 5.90. The van der Waals surface area contributed by atoms with Gasteiger partial charge in [0.05, 0.1) is 0 Å². The van der Waals surface area contributed by atoms with Crippen LogP contribution in [0, 0.1) is 0 Å². The number of aromatic nitrogens is 1. The summed E-state index contributed by atoms with van der Waals surface area (Å²) in [7, 11) is 0. The van der Waals surface area contributed by atoms with Crippen molar-refractivity contribution in [2.45, 2.75) is 19.9 Å². The molecule has 0 aliphatic rings. The third kappa shape index (κ3) is 4.10. The lowest BCUT2D eigenvalue weighted by molar-refractivity contribution is -0.115. The minimum Gasteiger partial charge on any atom is -0.381 e. The minimum atomic E-state index is 0.0255. The number of nitrogens with zero attached hydrogens (tertiary/aromatic N) is 1. The number of benzene rings is 1. The number of carbonyl (C=O) groups excluding carboxylic acids is 1. The number of hydrogen-bond acceptors (Lipinski definition) is 3. The standard InChI is InChI=1S/C15H17N3O/c1-2-15(19)18-14-5-3-13(4-6-14)17-11-12-7-9-16-10-8-12/h3-10,17H,2,11H2,1H3,(H,18,19). The number of rotatable bonds is 5. The second kappa shape index (κ2) is 6.54. The fourth-order valence-electron chi connectivity index (χ4n) is 1.63. The van der Waals surface area contributed by atoms with Crippen LogP contribution >= 0.6 is 0 Å². The number of nitrogens with one attached hydrogen (secondary N) is 2. The SMILES string of the molecule is CCC(=O)Nc1ccc(NCc2ccncc2)cc1. The van der Waals surface area contributed by atoms with Crippen LogP contribution in [0.25, 0.3) is 0 Å². The van der Waals surface area contributed by atoms with E-state index < -0.39 is 0 Å². The maximum atomic E-state index is 11.2. The van der Waals surface area contributed by atoms with E-state index in [-0.39, 0.29) is 5.91 Å². The van der Waals surface area contributed by atoms with Crippen LogP contribution in [-0.2, 0) is 11.3 Å². The van der Waals surface area contributed by atoms with E-state index in [0.29, 0.717) is 6.42 Å². The van der Waals surface area contributed by atoms with Gasteiger partial charge in [-0.05, 0) is 42.0 Å². The molecule has 0 saturated carbocycles. The van der Waals surface area contributed by atoms with E-state index in [0.717, 1.165) is 17.9 Å². The van der Waals surface area contributed by atoms with Crippen LogP contribution in [-0.4, -0.2) is 10.9 Å². The maximum absolute atomic E-state index is 11.2. The highest BCUT2D eigenvalue weighted by Crippen LogP contribution is 2.14. The summed E-state index contributed by atoms with van der Waals surface area (Å²) >= 11 is 0. The van der Waals surface area contributed by atoms with Crippen molar-refractivity contribution in [2.24, 2.45) is 0 Å². The Kier molecular flexibility index (Phi) is 4.50. The minimum absolute atomic E-state index is 0.0255. The molecule has 1 aromatic carbocycles. The van der Waals surface area contributed by atoms with Gasteiger partial charge in [0.25, 0.3) is 0 Å². The van der Waals surface area contributed by atoms with Crippen molar-refractivity contribution in [3.05, 3.63) is 54.4 Å². The lowest BCUT2D eigenvalue weighted by Crippen LogP contribution is -2.09. The average molecular weight is 255 g/mol. The number of carbonyl (C=O) groups is 1. The van der Waals surface area contributed by atoms with E-state index in [4.69, 9.17) is 0 Å². The Bertz CT molecular complexity index is 523. The molecule has 1 amide bonds. The fraction of sp³-hybridized carbons (Fsp3) is 0.200. The Hall–Kier alpha value is -2.36. The summed E-state index contributed by atoms with van der Waals surface area (Å²) in [6.07, 6.45) is 4.04. The van der Waals surface area contributed by atoms with E-state index in [2.05, 4.69) is 15.6 Å². The first kappa shape index (κ1) is 13.1. The van der Waals surface area contributed by atoms with Crippen molar-refractivity contribution in [2.75, 3.05) is 10.6 Å². The highest BCUT2D eigenvalue weighted by Gasteiger charge is 1.99. The predicted molar refractivity (Wildman–Crippen MR) is 76.9 cm³/mol. The molecular weight excluding hydrogens is 238 g/mol. The van der Waals surface area contributed by atoms with Crippen molar-refractivity contribution in [3.63, 3.8) is 0 Å². The summed E-state index contributed by atoms with van der Waals surface area (Å²) in [4.78, 5) is 15.2. The first-order valence-corrected chi connectivity index (χ1v) is 6.30. The van der Waals surface area contributed by atoms with Crippen LogP contribution in [0.3, 0.4) is 0 Å². The maximum Gasteiger partial charge on any atom is 0.224 e. The van der Waals surface area contributed by atoms with Crippen molar-refractivity contribution >= 4 is 17.3 Å². The molecule has 0 fully saturated rings. The molecule has 2 N–H and O–H groups in total. The van der Waals surface area contributed by atoms with Gasteiger partial charge in [-0.15, -0.1) is 0 Å². The van der Waals surface area contributed by atoms with Gasteiger partial charge in [-0.1, -0.05) is 6.92 Å². The molecule has 2 rings (SSSR count). The van der Waals surface area contributed by atoms with E-state index >= 15 is 0 Å². The molecule has 98 valence electrons. The summed E-state index contributed by atoms with van der Waals surface area (Å²) in [5.41, 5.74) is 3.02. The van der Waals surface area contributed by atoms with E-state index in [9.17, 15) is 4.79 Å². The molecule has 0 aliphatic carbocycles. The zero-order valence-corrected chi connectivity index (χ0v) is 10.9. The van der Waals surface area contributed by atoms with Gasteiger partial charge >= 0.3 is 0 Å². The second-order valence-corrected chi connectivity index (χ2v) is 4.19. The molecule has 0 saturated heterocycles. The Morgan fingerprint density at radius 2 is 1.68 bits per heavy atom. The normalized spacial score (nSPS) is 9.95. The van der Waals surface area contributed by atoms with Crippen LogP contribution in [0.15, 0.2) is 48.8 Å². The summed E-state index contributed by atoms with van der Waals surface area (Å²) in [5.74, 6) is 0.0255. The molecule has 1 aromatic heterocycles. The van der Waals surface area contributed by atoms with Crippen LogP contribution in [0.1, 0.15) is 18.9 Å². The van der Waals surface area contributed by atoms with Gasteiger partial charge in [-0.3, -0.25) is 9.78 Å². The van der Waals surface area contributed by atoms with E-state index in [1.807, 2.05) is 43.3 Å². The second-order valence-electron chi connectivity index (χ2n) is 4.19. The van der Waals surface area contributed by atoms with Gasteiger partial charge in [-0.2, -0.15) is 0 Å². The predicted octanol–water partition coefficient (Wildman–Crippen LogP) is 3.04. The van der Waals surface area contributed by atoms with E-state index in [1.165, 1.54) is 5.56 Å². The molecule has 0 atom stereocenters. The molecule has 0 spiro atoms. The van der Waals surface area contributed by atoms with Gasteiger partial charge in [-0.25, -0.2) is 0 Å². The summed E-state index contributed by atoms with van der Waals surface area (Å²) < 4.78 is 0. The van der Waals surface area contributed by atoms with Crippen LogP contribution in [0.5, 0.6) is 0 Å². The Morgan fingerprint density at radius 1 is 1.05 bits per heavy atom. The van der Waals surface area contributed by atoms with Gasteiger partial charge in [0, 0.05) is 36.7 Å². The third-order valence-electron chi connectivity index (χ3n) is 2.74. The average Bonchev–Trinajstić information content (AvgIpc) is 2.47. The first-order chi connectivity index (χ1) is 9.28. The molecule has 19 heavy (non-hydrogen) atoms. The molecule has 0 aliphatic heterocycles. The molecular formula is C15H17N3O.